The molecule has 1 fully saturated rings. The van der Waals surface area contributed by atoms with Crippen molar-refractivity contribution >= 4 is 17.5 Å². The summed E-state index contributed by atoms with van der Waals surface area (Å²) in [5.41, 5.74) is -1.11. The standard InChI is InChI=1S/C19H20F5N5O2/c1-11-10-31-7-6-27(11)15-8-16(30)28-5-4-14(19(22,23)24)29(18(28)26-15)12-2-3-13(17(20)21)25-9-12/h2-3,8-9,11,14,17H,4-7,10H2,1H3/t11-,14?/m1/s1. The van der Waals surface area contributed by atoms with Crippen molar-refractivity contribution in [3.63, 3.8) is 0 Å². The third-order valence-electron chi connectivity index (χ3n) is 5.44. The van der Waals surface area contributed by atoms with Crippen molar-refractivity contribution in [3.05, 3.63) is 40.4 Å². The monoisotopic (exact) mass is 445 g/mol. The molecule has 1 unspecified atom stereocenters. The number of ether oxygens (including phenoxy) is 1. The molecule has 12 heteroatoms. The topological polar surface area (TPSA) is 63.5 Å². The SMILES string of the molecule is C[C@@H]1COCCN1c1cc(=O)n2c(n1)N(c1ccc(C(F)F)nc1)C(C(F)(F)F)CC2. The highest BCUT2D eigenvalue weighted by Gasteiger charge is 2.47. The van der Waals surface area contributed by atoms with Gasteiger partial charge in [0.15, 0.2) is 0 Å². The number of pyridine rings is 1. The van der Waals surface area contributed by atoms with Crippen LogP contribution in [0.5, 0.6) is 0 Å². The Labute approximate surface area is 174 Å². The van der Waals surface area contributed by atoms with Gasteiger partial charge in [-0.15, -0.1) is 0 Å². The smallest absolute Gasteiger partial charge is 0.377 e. The van der Waals surface area contributed by atoms with Gasteiger partial charge in [0.05, 0.1) is 31.1 Å². The van der Waals surface area contributed by atoms with E-state index in [1.807, 2.05) is 6.92 Å². The van der Waals surface area contributed by atoms with E-state index < -0.39 is 29.9 Å². The largest absolute Gasteiger partial charge is 0.409 e. The number of nitrogens with zero attached hydrogens (tertiary/aromatic N) is 5. The van der Waals surface area contributed by atoms with Gasteiger partial charge in [0.1, 0.15) is 17.6 Å². The van der Waals surface area contributed by atoms with Crippen molar-refractivity contribution in [1.29, 1.82) is 0 Å². The van der Waals surface area contributed by atoms with E-state index in [4.69, 9.17) is 4.74 Å². The first kappa shape index (κ1) is 21.5. The van der Waals surface area contributed by atoms with Crippen LogP contribution in [0.3, 0.4) is 0 Å². The summed E-state index contributed by atoms with van der Waals surface area (Å²) in [5.74, 6) is 0.0541. The number of fused-ring (bicyclic) bond motifs is 1. The molecular weight excluding hydrogens is 425 g/mol. The minimum absolute atomic E-state index is 0.0701. The molecular formula is C19H20F5N5O2. The minimum atomic E-state index is -4.63. The van der Waals surface area contributed by atoms with Crippen molar-refractivity contribution in [1.82, 2.24) is 14.5 Å². The third kappa shape index (κ3) is 4.08. The van der Waals surface area contributed by atoms with E-state index in [1.54, 1.807) is 4.90 Å². The number of rotatable bonds is 3. The Bertz CT molecular complexity index is 995. The number of aromatic nitrogens is 3. The molecule has 0 N–H and O–H groups in total. The van der Waals surface area contributed by atoms with Crippen LogP contribution >= 0.6 is 0 Å². The highest BCUT2D eigenvalue weighted by atomic mass is 19.4. The maximum absolute atomic E-state index is 13.9. The fourth-order valence-corrected chi connectivity index (χ4v) is 3.89. The predicted molar refractivity (Wildman–Crippen MR) is 102 cm³/mol. The zero-order chi connectivity index (χ0) is 22.3. The minimum Gasteiger partial charge on any atom is -0.377 e. The molecule has 2 aliphatic rings. The summed E-state index contributed by atoms with van der Waals surface area (Å²) in [6.45, 7) is 2.93. The normalized spacial score (nSPS) is 22.0. The molecule has 2 aliphatic heterocycles. The highest BCUT2D eigenvalue weighted by molar-refractivity contribution is 5.61. The van der Waals surface area contributed by atoms with Crippen molar-refractivity contribution in [3.8, 4) is 0 Å². The van der Waals surface area contributed by atoms with Gasteiger partial charge in [-0.1, -0.05) is 0 Å². The van der Waals surface area contributed by atoms with Crippen LogP contribution in [0, 0.1) is 0 Å². The van der Waals surface area contributed by atoms with Crippen LogP contribution in [0.15, 0.2) is 29.2 Å². The van der Waals surface area contributed by atoms with Gasteiger partial charge in [-0.2, -0.15) is 18.2 Å². The van der Waals surface area contributed by atoms with Crippen LogP contribution < -0.4 is 15.4 Å². The van der Waals surface area contributed by atoms with Crippen LogP contribution in [-0.2, 0) is 11.3 Å². The lowest BCUT2D eigenvalue weighted by molar-refractivity contribution is -0.150. The average molecular weight is 445 g/mol. The molecule has 2 aromatic heterocycles. The van der Waals surface area contributed by atoms with Gasteiger partial charge in [0, 0.05) is 19.2 Å². The summed E-state index contributed by atoms with van der Waals surface area (Å²) in [7, 11) is 0. The summed E-state index contributed by atoms with van der Waals surface area (Å²) < 4.78 is 73.9. The first-order valence-corrected chi connectivity index (χ1v) is 9.73. The van der Waals surface area contributed by atoms with E-state index >= 15 is 0 Å². The molecule has 0 spiro atoms. The molecule has 4 heterocycles. The number of halogens is 5. The molecule has 2 aromatic rings. The fraction of sp³-hybridized carbons (Fsp3) is 0.526. The van der Waals surface area contributed by atoms with Crippen molar-refractivity contribution < 1.29 is 26.7 Å². The zero-order valence-electron chi connectivity index (χ0n) is 16.5. The maximum atomic E-state index is 13.9. The first-order chi connectivity index (χ1) is 14.7. The third-order valence-corrected chi connectivity index (χ3v) is 5.44. The average Bonchev–Trinajstić information content (AvgIpc) is 2.72. The molecule has 2 atom stereocenters. The lowest BCUT2D eigenvalue weighted by atomic mass is 10.1. The van der Waals surface area contributed by atoms with Gasteiger partial charge in [-0.3, -0.25) is 19.2 Å². The van der Waals surface area contributed by atoms with Crippen LogP contribution in [0.25, 0.3) is 0 Å². The Morgan fingerprint density at radius 3 is 2.61 bits per heavy atom. The van der Waals surface area contributed by atoms with Crippen molar-refractivity contribution in [2.24, 2.45) is 0 Å². The number of morpholine rings is 1. The molecule has 0 saturated carbocycles. The van der Waals surface area contributed by atoms with E-state index in [1.165, 1.54) is 6.07 Å². The fourth-order valence-electron chi connectivity index (χ4n) is 3.89. The lowest BCUT2D eigenvalue weighted by Gasteiger charge is -2.40. The summed E-state index contributed by atoms with van der Waals surface area (Å²) >= 11 is 0. The van der Waals surface area contributed by atoms with E-state index in [0.29, 0.717) is 19.8 Å². The van der Waals surface area contributed by atoms with E-state index in [-0.39, 0.29) is 36.5 Å². The lowest BCUT2D eigenvalue weighted by Crippen LogP contribution is -2.51. The van der Waals surface area contributed by atoms with Crippen LogP contribution in [0.1, 0.15) is 25.5 Å². The second-order valence-electron chi connectivity index (χ2n) is 7.48. The first-order valence-electron chi connectivity index (χ1n) is 9.73. The van der Waals surface area contributed by atoms with Crippen LogP contribution in [0.4, 0.5) is 39.4 Å². The van der Waals surface area contributed by atoms with Crippen molar-refractivity contribution in [2.75, 3.05) is 29.6 Å². The Balaban J connectivity index is 1.84. The molecule has 0 radical (unpaired) electrons. The summed E-state index contributed by atoms with van der Waals surface area (Å²) in [6, 6.07) is 1.31. The molecule has 0 aromatic carbocycles. The second-order valence-corrected chi connectivity index (χ2v) is 7.48. The van der Waals surface area contributed by atoms with Crippen LogP contribution in [-0.4, -0.2) is 52.6 Å². The number of anilines is 3. The highest BCUT2D eigenvalue weighted by Crippen LogP contribution is 2.39. The van der Waals surface area contributed by atoms with Crippen LogP contribution in [0.2, 0.25) is 0 Å². The summed E-state index contributed by atoms with van der Waals surface area (Å²) in [5, 5.41) is 0. The molecule has 1 saturated heterocycles. The van der Waals surface area contributed by atoms with Gasteiger partial charge in [-0.05, 0) is 25.5 Å². The Morgan fingerprint density at radius 2 is 2.00 bits per heavy atom. The quantitative estimate of drug-likeness (QED) is 0.676. The Morgan fingerprint density at radius 1 is 1.23 bits per heavy atom. The van der Waals surface area contributed by atoms with Gasteiger partial charge in [0.25, 0.3) is 12.0 Å². The van der Waals surface area contributed by atoms with E-state index in [9.17, 15) is 26.7 Å². The molecule has 168 valence electrons. The summed E-state index contributed by atoms with van der Waals surface area (Å²) in [4.78, 5) is 23.4. The molecule has 0 amide bonds. The molecule has 7 nitrogen and oxygen atoms in total. The summed E-state index contributed by atoms with van der Waals surface area (Å²) in [6.07, 6.45) is -6.92. The van der Waals surface area contributed by atoms with Gasteiger partial charge >= 0.3 is 6.18 Å². The zero-order valence-corrected chi connectivity index (χ0v) is 16.5. The second kappa shape index (κ2) is 8.06. The molecule has 31 heavy (non-hydrogen) atoms. The number of hydrogen-bond acceptors (Lipinski definition) is 6. The Kier molecular flexibility index (Phi) is 5.58. The van der Waals surface area contributed by atoms with Gasteiger partial charge in [0.2, 0.25) is 5.95 Å². The molecule has 0 aliphatic carbocycles. The molecule has 0 bridgehead atoms. The van der Waals surface area contributed by atoms with Gasteiger partial charge in [-0.25, -0.2) is 8.78 Å². The van der Waals surface area contributed by atoms with E-state index in [2.05, 4.69) is 9.97 Å². The maximum Gasteiger partial charge on any atom is 0.409 e. The van der Waals surface area contributed by atoms with Gasteiger partial charge < -0.3 is 9.64 Å². The predicted octanol–water partition coefficient (Wildman–Crippen LogP) is 3.27. The van der Waals surface area contributed by atoms with E-state index in [0.717, 1.165) is 27.8 Å². The number of hydrogen-bond donors (Lipinski definition) is 0. The van der Waals surface area contributed by atoms with Crippen molar-refractivity contribution in [2.45, 2.75) is 44.6 Å². The Hall–Kier alpha value is -2.76. The molecule has 4 rings (SSSR count). The number of alkyl halides is 5.